The Morgan fingerprint density at radius 3 is 2.29 bits per heavy atom. The molecule has 0 aliphatic heterocycles. The summed E-state index contributed by atoms with van der Waals surface area (Å²) in [6, 6.07) is 27.1. The van der Waals surface area contributed by atoms with Crippen LogP contribution in [-0.2, 0) is 0 Å². The minimum absolute atomic E-state index is 0.449. The standard InChI is InChI=1S/C23H18N4O/c24-22(28)18-11-9-17(10-12-18)21-13-14-25-23(27-21)26-20-8-4-7-19(15-20)16-5-2-1-3-6-16/h1-15H,(H2,24,28)(H,25,26,27). The van der Waals surface area contributed by atoms with Crippen molar-refractivity contribution in [1.29, 1.82) is 0 Å². The molecule has 0 radical (unpaired) electrons. The Kier molecular flexibility index (Phi) is 4.80. The third-order valence-corrected chi connectivity index (χ3v) is 4.35. The number of primary amides is 1. The molecule has 1 heterocycles. The van der Waals surface area contributed by atoms with Gasteiger partial charge >= 0.3 is 0 Å². The maximum absolute atomic E-state index is 11.2. The van der Waals surface area contributed by atoms with Crippen molar-refractivity contribution in [2.24, 2.45) is 5.73 Å². The van der Waals surface area contributed by atoms with Crippen LogP contribution < -0.4 is 11.1 Å². The first-order chi connectivity index (χ1) is 13.7. The van der Waals surface area contributed by atoms with Crippen molar-refractivity contribution in [3.63, 3.8) is 0 Å². The Labute approximate surface area is 162 Å². The molecule has 0 aliphatic rings. The molecule has 5 heteroatoms. The average molecular weight is 366 g/mol. The van der Waals surface area contributed by atoms with Gasteiger partial charge in [0.15, 0.2) is 0 Å². The van der Waals surface area contributed by atoms with Crippen molar-refractivity contribution in [3.8, 4) is 22.4 Å². The van der Waals surface area contributed by atoms with Crippen LogP contribution in [0, 0.1) is 0 Å². The van der Waals surface area contributed by atoms with Gasteiger partial charge in [0.2, 0.25) is 11.9 Å². The smallest absolute Gasteiger partial charge is 0.248 e. The summed E-state index contributed by atoms with van der Waals surface area (Å²) in [6.07, 6.45) is 1.70. The predicted octanol–water partition coefficient (Wildman–Crippen LogP) is 4.65. The van der Waals surface area contributed by atoms with Gasteiger partial charge in [0.05, 0.1) is 5.69 Å². The molecule has 3 aromatic carbocycles. The van der Waals surface area contributed by atoms with Gasteiger partial charge in [-0.3, -0.25) is 4.79 Å². The molecule has 1 amide bonds. The van der Waals surface area contributed by atoms with E-state index >= 15 is 0 Å². The minimum atomic E-state index is -0.449. The van der Waals surface area contributed by atoms with Crippen molar-refractivity contribution in [2.75, 3.05) is 5.32 Å². The number of rotatable bonds is 5. The highest BCUT2D eigenvalue weighted by atomic mass is 16.1. The summed E-state index contributed by atoms with van der Waals surface area (Å²) in [7, 11) is 0. The normalized spacial score (nSPS) is 10.4. The molecule has 28 heavy (non-hydrogen) atoms. The summed E-state index contributed by atoms with van der Waals surface area (Å²) in [5.74, 6) is 0.0524. The van der Waals surface area contributed by atoms with Crippen molar-refractivity contribution in [3.05, 3.63) is 96.7 Å². The summed E-state index contributed by atoms with van der Waals surface area (Å²) in [5.41, 5.74) is 10.6. The van der Waals surface area contributed by atoms with Gasteiger partial charge in [0.25, 0.3) is 0 Å². The number of anilines is 2. The van der Waals surface area contributed by atoms with Crippen LogP contribution in [-0.4, -0.2) is 15.9 Å². The Morgan fingerprint density at radius 2 is 1.54 bits per heavy atom. The highest BCUT2D eigenvalue weighted by Crippen LogP contribution is 2.24. The number of hydrogen-bond donors (Lipinski definition) is 2. The van der Waals surface area contributed by atoms with Gasteiger partial charge in [-0.2, -0.15) is 0 Å². The summed E-state index contributed by atoms with van der Waals surface area (Å²) in [4.78, 5) is 20.1. The summed E-state index contributed by atoms with van der Waals surface area (Å²) in [6.45, 7) is 0. The number of amides is 1. The van der Waals surface area contributed by atoms with E-state index in [2.05, 4.69) is 39.6 Å². The third-order valence-electron chi connectivity index (χ3n) is 4.35. The number of carbonyl (C=O) groups excluding carboxylic acids is 1. The molecule has 136 valence electrons. The van der Waals surface area contributed by atoms with Gasteiger partial charge in [-0.25, -0.2) is 9.97 Å². The minimum Gasteiger partial charge on any atom is -0.366 e. The highest BCUT2D eigenvalue weighted by Gasteiger charge is 2.06. The van der Waals surface area contributed by atoms with E-state index in [1.807, 2.05) is 48.5 Å². The number of hydrogen-bond acceptors (Lipinski definition) is 4. The molecule has 0 aliphatic carbocycles. The van der Waals surface area contributed by atoms with Gasteiger partial charge in [-0.1, -0.05) is 54.6 Å². The summed E-state index contributed by atoms with van der Waals surface area (Å²) in [5, 5.41) is 3.26. The highest BCUT2D eigenvalue weighted by molar-refractivity contribution is 5.93. The number of aromatic nitrogens is 2. The molecule has 0 bridgehead atoms. The van der Waals surface area contributed by atoms with Crippen molar-refractivity contribution in [1.82, 2.24) is 9.97 Å². The number of nitrogens with zero attached hydrogens (tertiary/aromatic N) is 2. The van der Waals surface area contributed by atoms with E-state index in [9.17, 15) is 4.79 Å². The molecule has 5 nitrogen and oxygen atoms in total. The molecule has 1 aromatic heterocycles. The second kappa shape index (κ2) is 7.72. The van der Waals surface area contributed by atoms with E-state index in [4.69, 9.17) is 5.73 Å². The molecule has 0 saturated carbocycles. The lowest BCUT2D eigenvalue weighted by atomic mass is 10.1. The lowest BCUT2D eigenvalue weighted by molar-refractivity contribution is 0.100. The lowest BCUT2D eigenvalue weighted by Crippen LogP contribution is -2.10. The zero-order chi connectivity index (χ0) is 19.3. The Hall–Kier alpha value is -3.99. The van der Waals surface area contributed by atoms with Crippen molar-refractivity contribution in [2.45, 2.75) is 0 Å². The molecule has 0 saturated heterocycles. The second-order valence-electron chi connectivity index (χ2n) is 6.28. The van der Waals surface area contributed by atoms with Crippen LogP contribution in [0.3, 0.4) is 0 Å². The molecular weight excluding hydrogens is 348 g/mol. The average Bonchev–Trinajstić information content (AvgIpc) is 2.75. The third kappa shape index (κ3) is 3.88. The Morgan fingerprint density at radius 1 is 0.786 bits per heavy atom. The van der Waals surface area contributed by atoms with Crippen LogP contribution in [0.15, 0.2) is 91.1 Å². The largest absolute Gasteiger partial charge is 0.366 e. The molecule has 0 spiro atoms. The van der Waals surface area contributed by atoms with E-state index in [0.717, 1.165) is 28.1 Å². The van der Waals surface area contributed by atoms with Crippen molar-refractivity contribution < 1.29 is 4.79 Å². The molecular formula is C23H18N4O. The number of carbonyl (C=O) groups is 1. The SMILES string of the molecule is NC(=O)c1ccc(-c2ccnc(Nc3cccc(-c4ccccc4)c3)n2)cc1. The predicted molar refractivity (Wildman–Crippen MR) is 111 cm³/mol. The molecule has 4 aromatic rings. The van der Waals surface area contributed by atoms with E-state index in [0.29, 0.717) is 11.5 Å². The fourth-order valence-corrected chi connectivity index (χ4v) is 2.92. The summed E-state index contributed by atoms with van der Waals surface area (Å²) >= 11 is 0. The van der Waals surface area contributed by atoms with Crippen LogP contribution >= 0.6 is 0 Å². The van der Waals surface area contributed by atoms with Crippen LogP contribution in [0.25, 0.3) is 22.4 Å². The van der Waals surface area contributed by atoms with Crippen LogP contribution in [0.4, 0.5) is 11.6 Å². The topological polar surface area (TPSA) is 80.9 Å². The maximum Gasteiger partial charge on any atom is 0.248 e. The van der Waals surface area contributed by atoms with E-state index < -0.39 is 5.91 Å². The van der Waals surface area contributed by atoms with E-state index in [1.165, 1.54) is 0 Å². The van der Waals surface area contributed by atoms with Crippen LogP contribution in [0.5, 0.6) is 0 Å². The van der Waals surface area contributed by atoms with Gasteiger partial charge in [-0.05, 0) is 41.5 Å². The lowest BCUT2D eigenvalue weighted by Gasteiger charge is -2.09. The first kappa shape index (κ1) is 17.4. The molecule has 4 rings (SSSR count). The van der Waals surface area contributed by atoms with Gasteiger partial charge < -0.3 is 11.1 Å². The number of benzene rings is 3. The monoisotopic (exact) mass is 366 g/mol. The molecule has 0 unspecified atom stereocenters. The zero-order valence-corrected chi connectivity index (χ0v) is 15.0. The first-order valence-corrected chi connectivity index (χ1v) is 8.85. The first-order valence-electron chi connectivity index (χ1n) is 8.85. The maximum atomic E-state index is 11.2. The Bertz CT molecular complexity index is 1110. The van der Waals surface area contributed by atoms with Crippen LogP contribution in [0.2, 0.25) is 0 Å². The zero-order valence-electron chi connectivity index (χ0n) is 15.0. The number of nitrogens with two attached hydrogens (primary N) is 1. The van der Waals surface area contributed by atoms with Gasteiger partial charge in [0.1, 0.15) is 0 Å². The van der Waals surface area contributed by atoms with E-state index in [1.54, 1.807) is 18.3 Å². The van der Waals surface area contributed by atoms with Crippen molar-refractivity contribution >= 4 is 17.5 Å². The van der Waals surface area contributed by atoms with E-state index in [-0.39, 0.29) is 0 Å². The molecule has 3 N–H and O–H groups in total. The van der Waals surface area contributed by atoms with Crippen LogP contribution in [0.1, 0.15) is 10.4 Å². The fraction of sp³-hybridized carbons (Fsp3) is 0. The molecule has 0 fully saturated rings. The summed E-state index contributed by atoms with van der Waals surface area (Å²) < 4.78 is 0. The van der Waals surface area contributed by atoms with Gasteiger partial charge in [-0.15, -0.1) is 0 Å². The Balaban J connectivity index is 1.58. The quantitative estimate of drug-likeness (QED) is 0.538. The molecule has 0 atom stereocenters. The fourth-order valence-electron chi connectivity index (χ4n) is 2.92. The van der Waals surface area contributed by atoms with Gasteiger partial charge in [0, 0.05) is 23.0 Å². The number of nitrogens with one attached hydrogen (secondary N) is 1. The second-order valence-corrected chi connectivity index (χ2v) is 6.28.